The normalized spacial score (nSPS) is 21.0. The Morgan fingerprint density at radius 2 is 1.52 bits per heavy atom. The highest BCUT2D eigenvalue weighted by atomic mass is 79.9. The van der Waals surface area contributed by atoms with Gasteiger partial charge in [0.2, 0.25) is 11.6 Å². The molecule has 0 spiro atoms. The van der Waals surface area contributed by atoms with Crippen LogP contribution in [-0.2, 0) is 16.1 Å². The van der Waals surface area contributed by atoms with Gasteiger partial charge >= 0.3 is 5.97 Å². The molecule has 1 atom stereocenters. The van der Waals surface area contributed by atoms with Gasteiger partial charge in [-0.05, 0) is 0 Å². The van der Waals surface area contributed by atoms with Crippen LogP contribution in [0.5, 0.6) is 5.75 Å². The lowest BCUT2D eigenvalue weighted by atomic mass is 10.1. The van der Waals surface area contributed by atoms with Crippen LogP contribution in [0.3, 0.4) is 0 Å². The van der Waals surface area contributed by atoms with E-state index in [-0.39, 0.29) is 0 Å². The molecule has 1 unspecified atom stereocenters. The van der Waals surface area contributed by atoms with E-state index in [4.69, 9.17) is 4.74 Å². The Morgan fingerprint density at radius 1 is 1.09 bits per heavy atom. The van der Waals surface area contributed by atoms with Crippen molar-refractivity contribution in [2.24, 2.45) is 11.3 Å². The van der Waals surface area contributed by atoms with E-state index in [1.807, 2.05) is 0 Å². The number of benzene rings is 1. The summed E-state index contributed by atoms with van der Waals surface area (Å²) in [6, 6.07) is 0. The van der Waals surface area contributed by atoms with E-state index < -0.39 is 61.7 Å². The maximum absolute atomic E-state index is 13.8. The van der Waals surface area contributed by atoms with E-state index in [9.17, 15) is 22.4 Å². The molecule has 0 aliphatic heterocycles. The van der Waals surface area contributed by atoms with Gasteiger partial charge in [-0.15, -0.1) is 0 Å². The van der Waals surface area contributed by atoms with E-state index in [1.54, 1.807) is 13.8 Å². The number of esters is 1. The van der Waals surface area contributed by atoms with Crippen molar-refractivity contribution in [1.29, 1.82) is 0 Å². The fourth-order valence-electron chi connectivity index (χ4n) is 2.29. The van der Waals surface area contributed by atoms with Crippen molar-refractivity contribution in [1.82, 2.24) is 0 Å². The third kappa shape index (κ3) is 2.75. The molecule has 0 N–H and O–H groups in total. The second kappa shape index (κ2) is 5.91. The first-order valence-corrected chi connectivity index (χ1v) is 8.00. The molecule has 3 nitrogen and oxygen atoms in total. The van der Waals surface area contributed by atoms with Crippen molar-refractivity contribution in [2.75, 3.05) is 7.11 Å². The Balaban J connectivity index is 2.21. The lowest BCUT2D eigenvalue weighted by molar-refractivity contribution is -0.147. The third-order valence-electron chi connectivity index (χ3n) is 3.97. The van der Waals surface area contributed by atoms with Crippen LogP contribution in [0.15, 0.2) is 0 Å². The van der Waals surface area contributed by atoms with Crippen molar-refractivity contribution in [3.63, 3.8) is 0 Å². The topological polar surface area (TPSA) is 35.5 Å². The van der Waals surface area contributed by atoms with E-state index in [2.05, 4.69) is 36.6 Å². The molecule has 1 aromatic rings. The fraction of sp³-hybridized carbons (Fsp3) is 0.500. The van der Waals surface area contributed by atoms with Crippen molar-refractivity contribution in [3.8, 4) is 5.75 Å². The summed E-state index contributed by atoms with van der Waals surface area (Å²) in [5.41, 5.74) is -1.50. The molecule has 128 valence electrons. The van der Waals surface area contributed by atoms with Crippen LogP contribution in [0.2, 0.25) is 0 Å². The molecule has 1 saturated carbocycles. The van der Waals surface area contributed by atoms with Gasteiger partial charge < -0.3 is 9.47 Å². The Bertz CT molecular complexity index is 633. The van der Waals surface area contributed by atoms with Crippen molar-refractivity contribution < 1.29 is 31.8 Å². The van der Waals surface area contributed by atoms with Crippen LogP contribution in [0, 0.1) is 34.6 Å². The number of alkyl halides is 2. The van der Waals surface area contributed by atoms with Crippen LogP contribution in [-0.4, -0.2) is 16.3 Å². The zero-order valence-electron chi connectivity index (χ0n) is 12.3. The standard InChI is InChI=1S/C14H12Br2F4O3/c1-13(2)11(14(13,15)16)12(21)23-4-5-6(17)8(19)10(22-3)9(20)7(5)18/h11H,4H2,1-3H3. The molecule has 1 fully saturated rings. The Hall–Kier alpha value is -0.830. The Labute approximate surface area is 146 Å². The highest BCUT2D eigenvalue weighted by Crippen LogP contribution is 2.71. The minimum absolute atomic E-state index is 0.489. The molecule has 23 heavy (non-hydrogen) atoms. The Morgan fingerprint density at radius 3 is 1.87 bits per heavy atom. The minimum atomic E-state index is -1.68. The first kappa shape index (κ1) is 18.5. The molecule has 0 heterocycles. The number of ether oxygens (including phenoxy) is 2. The van der Waals surface area contributed by atoms with Gasteiger partial charge in [-0.3, -0.25) is 4.79 Å². The van der Waals surface area contributed by atoms with Gasteiger partial charge in [0.25, 0.3) is 0 Å². The van der Waals surface area contributed by atoms with Crippen LogP contribution < -0.4 is 4.74 Å². The number of rotatable bonds is 4. The van der Waals surface area contributed by atoms with Gasteiger partial charge in [0, 0.05) is 5.41 Å². The number of hydrogen-bond acceptors (Lipinski definition) is 3. The lowest BCUT2D eigenvalue weighted by Crippen LogP contribution is -2.14. The number of carbonyl (C=O) groups excluding carboxylic acids is 1. The maximum atomic E-state index is 13.8. The van der Waals surface area contributed by atoms with Crippen LogP contribution >= 0.6 is 31.9 Å². The van der Waals surface area contributed by atoms with Gasteiger partial charge in [-0.1, -0.05) is 45.7 Å². The molecule has 9 heteroatoms. The molecule has 1 aliphatic carbocycles. The lowest BCUT2D eigenvalue weighted by Gasteiger charge is -2.11. The van der Waals surface area contributed by atoms with Gasteiger partial charge in [0.05, 0.1) is 18.6 Å². The van der Waals surface area contributed by atoms with Crippen LogP contribution in [0.4, 0.5) is 17.6 Å². The number of hydrogen-bond donors (Lipinski definition) is 0. The summed E-state index contributed by atoms with van der Waals surface area (Å²) in [6.45, 7) is 2.61. The molecule has 0 radical (unpaired) electrons. The summed E-state index contributed by atoms with van der Waals surface area (Å²) in [5.74, 6) is -9.22. The Kier molecular flexibility index (Phi) is 4.76. The smallest absolute Gasteiger partial charge is 0.312 e. The third-order valence-corrected chi connectivity index (χ3v) is 6.93. The number of carbonyl (C=O) groups is 1. The maximum Gasteiger partial charge on any atom is 0.312 e. The molecule has 0 saturated heterocycles. The predicted molar refractivity (Wildman–Crippen MR) is 80.5 cm³/mol. The highest BCUT2D eigenvalue weighted by Gasteiger charge is 2.73. The van der Waals surface area contributed by atoms with Crippen molar-refractivity contribution in [3.05, 3.63) is 28.8 Å². The van der Waals surface area contributed by atoms with E-state index in [1.165, 1.54) is 0 Å². The quantitative estimate of drug-likeness (QED) is 0.286. The average Bonchev–Trinajstić information content (AvgIpc) is 2.87. The van der Waals surface area contributed by atoms with Crippen LogP contribution in [0.1, 0.15) is 19.4 Å². The zero-order chi connectivity index (χ0) is 17.7. The van der Waals surface area contributed by atoms with E-state index >= 15 is 0 Å². The molecule has 1 aliphatic rings. The monoisotopic (exact) mass is 462 g/mol. The van der Waals surface area contributed by atoms with E-state index in [0.717, 1.165) is 7.11 Å². The summed E-state index contributed by atoms with van der Waals surface area (Å²) in [4.78, 5) is 12.0. The van der Waals surface area contributed by atoms with Gasteiger partial charge in [0.15, 0.2) is 17.4 Å². The molecule has 2 rings (SSSR count). The predicted octanol–water partition coefficient (Wildman–Crippen LogP) is 4.44. The summed E-state index contributed by atoms with van der Waals surface area (Å²) in [6.07, 6.45) is 0. The first-order valence-electron chi connectivity index (χ1n) is 6.41. The summed E-state index contributed by atoms with van der Waals surface area (Å²) in [5, 5.41) is 0. The number of halogens is 6. The molecule has 0 amide bonds. The fourth-order valence-corrected chi connectivity index (χ4v) is 4.04. The largest absolute Gasteiger partial charge is 0.491 e. The molecule has 0 aromatic heterocycles. The summed E-state index contributed by atoms with van der Waals surface area (Å²) < 4.78 is 63.1. The second-order valence-corrected chi connectivity index (χ2v) is 9.22. The van der Waals surface area contributed by atoms with Crippen molar-refractivity contribution >= 4 is 37.8 Å². The SMILES string of the molecule is COc1c(F)c(F)c(COC(=O)C2C(C)(C)C2(Br)Br)c(F)c1F. The highest BCUT2D eigenvalue weighted by molar-refractivity contribution is 9.25. The number of methoxy groups -OCH3 is 1. The zero-order valence-corrected chi connectivity index (χ0v) is 15.4. The summed E-state index contributed by atoms with van der Waals surface area (Å²) >= 11 is 6.61. The molecule has 1 aromatic carbocycles. The van der Waals surface area contributed by atoms with E-state index in [0.29, 0.717) is 0 Å². The summed E-state index contributed by atoms with van der Waals surface area (Å²) in [7, 11) is 0.876. The second-order valence-electron chi connectivity index (χ2n) is 5.65. The first-order chi connectivity index (χ1) is 10.5. The van der Waals surface area contributed by atoms with Gasteiger partial charge in [-0.25, -0.2) is 8.78 Å². The van der Waals surface area contributed by atoms with Gasteiger partial charge in [-0.2, -0.15) is 8.78 Å². The average molecular weight is 464 g/mol. The van der Waals surface area contributed by atoms with Gasteiger partial charge in [0.1, 0.15) is 9.84 Å². The minimum Gasteiger partial charge on any atom is -0.491 e. The molecular formula is C14H12Br2F4O3. The van der Waals surface area contributed by atoms with Crippen molar-refractivity contribution in [2.45, 2.75) is 23.7 Å². The van der Waals surface area contributed by atoms with Crippen LogP contribution in [0.25, 0.3) is 0 Å². The molecule has 0 bridgehead atoms. The molecular weight excluding hydrogens is 452 g/mol.